The highest BCUT2D eigenvalue weighted by molar-refractivity contribution is 6.26. The first-order valence-corrected chi connectivity index (χ1v) is 6.70. The number of aryl methyl sites for hydroxylation is 1. The van der Waals surface area contributed by atoms with Crippen molar-refractivity contribution in [2.75, 3.05) is 0 Å². The van der Waals surface area contributed by atoms with E-state index in [9.17, 15) is 5.11 Å². The zero-order valence-corrected chi connectivity index (χ0v) is 12.3. The number of rotatable bonds is 6. The summed E-state index contributed by atoms with van der Waals surface area (Å²) in [5.41, 5.74) is 1.28. The highest BCUT2D eigenvalue weighted by Gasteiger charge is 2.35. The van der Waals surface area contributed by atoms with Crippen molar-refractivity contribution in [2.45, 2.75) is 58.6 Å². The van der Waals surface area contributed by atoms with Crippen molar-refractivity contribution in [1.29, 1.82) is 0 Å². The Morgan fingerprint density at radius 2 is 1.78 bits per heavy atom. The molecule has 0 amide bonds. The molecule has 0 aliphatic carbocycles. The predicted molar refractivity (Wildman–Crippen MR) is 78.1 cm³/mol. The van der Waals surface area contributed by atoms with E-state index in [4.69, 9.17) is 4.65 Å². The van der Waals surface area contributed by atoms with Gasteiger partial charge < -0.3 is 9.76 Å². The minimum Gasteiger partial charge on any atom is -0.432 e. The van der Waals surface area contributed by atoms with Gasteiger partial charge in [-0.2, -0.15) is 0 Å². The van der Waals surface area contributed by atoms with Crippen LogP contribution < -0.4 is 0 Å². The molecule has 0 radical (unpaired) electrons. The van der Waals surface area contributed by atoms with E-state index in [0.29, 0.717) is 7.48 Å². The Labute approximate surface area is 112 Å². The quantitative estimate of drug-likeness (QED) is 0.784. The van der Waals surface area contributed by atoms with Crippen molar-refractivity contribution in [3.8, 4) is 0 Å². The predicted octanol–water partition coefficient (Wildman–Crippen LogP) is 2.67. The van der Waals surface area contributed by atoms with Crippen molar-refractivity contribution >= 4 is 7.48 Å². The summed E-state index contributed by atoms with van der Waals surface area (Å²) in [5.74, 6) is 0. The average Bonchev–Trinajstić information content (AvgIpc) is 2.27. The number of hydrogen-bond donors (Lipinski definition) is 1. The van der Waals surface area contributed by atoms with E-state index in [1.165, 1.54) is 11.1 Å². The molecule has 0 aliphatic heterocycles. The van der Waals surface area contributed by atoms with Crippen molar-refractivity contribution in [3.05, 3.63) is 35.4 Å². The number of hydrogen-bond acceptors (Lipinski definition) is 2. The Balaban J connectivity index is 2.51. The van der Waals surface area contributed by atoms with Gasteiger partial charge in [0.05, 0.1) is 11.2 Å². The standard InChI is InChI=1S/C15H25BO2/c1-6-12-8-7-9-13(10-12)11-16-18-15(4,5)14(2,3)17/h7-10,16-17H,6,11H2,1-5H3. The van der Waals surface area contributed by atoms with Crippen LogP contribution in [0.25, 0.3) is 0 Å². The van der Waals surface area contributed by atoms with E-state index >= 15 is 0 Å². The molecule has 0 bridgehead atoms. The van der Waals surface area contributed by atoms with Gasteiger partial charge in [-0.25, -0.2) is 0 Å². The van der Waals surface area contributed by atoms with Crippen molar-refractivity contribution in [3.63, 3.8) is 0 Å². The first-order chi connectivity index (χ1) is 8.26. The summed E-state index contributed by atoms with van der Waals surface area (Å²) >= 11 is 0. The smallest absolute Gasteiger partial charge is 0.280 e. The van der Waals surface area contributed by atoms with Crippen LogP contribution in [0.15, 0.2) is 24.3 Å². The Bertz CT molecular complexity index is 380. The van der Waals surface area contributed by atoms with E-state index in [2.05, 4.69) is 31.2 Å². The molecule has 0 fully saturated rings. The van der Waals surface area contributed by atoms with Crippen LogP contribution in [0.1, 0.15) is 45.7 Å². The maximum absolute atomic E-state index is 10.00. The van der Waals surface area contributed by atoms with Crippen molar-refractivity contribution in [2.24, 2.45) is 0 Å². The highest BCUT2D eigenvalue weighted by Crippen LogP contribution is 2.24. The third kappa shape index (κ3) is 4.15. The molecule has 0 atom stereocenters. The summed E-state index contributed by atoms with van der Waals surface area (Å²) < 4.78 is 5.82. The molecule has 0 unspecified atom stereocenters. The molecular formula is C15H25BO2. The third-order valence-corrected chi connectivity index (χ3v) is 3.73. The Hall–Kier alpha value is -0.795. The highest BCUT2D eigenvalue weighted by atomic mass is 16.5. The van der Waals surface area contributed by atoms with Gasteiger partial charge in [-0.05, 0) is 46.0 Å². The second-order valence-electron chi connectivity index (χ2n) is 5.84. The normalized spacial score (nSPS) is 12.6. The van der Waals surface area contributed by atoms with Gasteiger partial charge >= 0.3 is 0 Å². The molecule has 2 nitrogen and oxygen atoms in total. The molecule has 1 N–H and O–H groups in total. The summed E-state index contributed by atoms with van der Waals surface area (Å²) in [6.45, 7) is 9.58. The monoisotopic (exact) mass is 248 g/mol. The zero-order chi connectivity index (χ0) is 13.8. The van der Waals surface area contributed by atoms with E-state index in [0.717, 1.165) is 12.7 Å². The van der Waals surface area contributed by atoms with Crippen molar-refractivity contribution < 1.29 is 9.76 Å². The summed E-state index contributed by atoms with van der Waals surface area (Å²) in [5, 5.41) is 10.00. The van der Waals surface area contributed by atoms with Crippen LogP contribution in [-0.2, 0) is 17.4 Å². The van der Waals surface area contributed by atoms with E-state index in [1.807, 2.05) is 13.8 Å². The maximum Gasteiger partial charge on any atom is 0.280 e. The third-order valence-electron chi connectivity index (χ3n) is 3.73. The molecule has 0 aromatic heterocycles. The minimum atomic E-state index is -0.835. The lowest BCUT2D eigenvalue weighted by Crippen LogP contribution is -2.48. The molecule has 0 saturated heterocycles. The summed E-state index contributed by atoms with van der Waals surface area (Å²) in [6, 6.07) is 8.58. The van der Waals surface area contributed by atoms with Gasteiger partial charge in [-0.1, -0.05) is 36.8 Å². The fourth-order valence-electron chi connectivity index (χ4n) is 1.61. The molecule has 100 valence electrons. The Morgan fingerprint density at radius 3 is 2.33 bits per heavy atom. The molecule has 0 heterocycles. The van der Waals surface area contributed by atoms with Crippen LogP contribution in [-0.4, -0.2) is 23.8 Å². The van der Waals surface area contributed by atoms with Gasteiger partial charge in [0.15, 0.2) is 0 Å². The van der Waals surface area contributed by atoms with Gasteiger partial charge in [0, 0.05) is 0 Å². The fraction of sp³-hybridized carbons (Fsp3) is 0.600. The maximum atomic E-state index is 10.00. The molecule has 0 spiro atoms. The van der Waals surface area contributed by atoms with Gasteiger partial charge in [-0.3, -0.25) is 0 Å². The van der Waals surface area contributed by atoms with E-state index in [1.54, 1.807) is 13.8 Å². The van der Waals surface area contributed by atoms with Gasteiger partial charge in [-0.15, -0.1) is 0 Å². The second kappa shape index (κ2) is 5.90. The van der Waals surface area contributed by atoms with Gasteiger partial charge in [0.25, 0.3) is 7.48 Å². The first-order valence-electron chi connectivity index (χ1n) is 6.70. The average molecular weight is 248 g/mol. The lowest BCUT2D eigenvalue weighted by molar-refractivity contribution is -0.0904. The van der Waals surface area contributed by atoms with E-state index < -0.39 is 11.2 Å². The molecular weight excluding hydrogens is 223 g/mol. The van der Waals surface area contributed by atoms with Crippen molar-refractivity contribution in [1.82, 2.24) is 0 Å². The number of aliphatic hydroxyl groups is 1. The summed E-state index contributed by atoms with van der Waals surface area (Å²) in [4.78, 5) is 0. The lowest BCUT2D eigenvalue weighted by atomic mass is 9.83. The zero-order valence-electron chi connectivity index (χ0n) is 12.3. The largest absolute Gasteiger partial charge is 0.432 e. The van der Waals surface area contributed by atoms with Gasteiger partial charge in [0.1, 0.15) is 0 Å². The molecule has 1 aromatic carbocycles. The van der Waals surface area contributed by atoms with Crippen LogP contribution in [0.3, 0.4) is 0 Å². The molecule has 3 heteroatoms. The van der Waals surface area contributed by atoms with Crippen LogP contribution in [0, 0.1) is 0 Å². The molecule has 0 saturated carbocycles. The van der Waals surface area contributed by atoms with E-state index in [-0.39, 0.29) is 0 Å². The second-order valence-corrected chi connectivity index (χ2v) is 5.84. The minimum absolute atomic E-state index is 0.532. The summed E-state index contributed by atoms with van der Waals surface area (Å²) in [6.07, 6.45) is 1.94. The topological polar surface area (TPSA) is 29.5 Å². The Morgan fingerprint density at radius 1 is 1.17 bits per heavy atom. The summed E-state index contributed by atoms with van der Waals surface area (Å²) in [7, 11) is 0.629. The SMILES string of the molecule is CCc1cccc(CBOC(C)(C)C(C)(C)O)c1. The molecule has 1 rings (SSSR count). The van der Waals surface area contributed by atoms with Crippen LogP contribution in [0.4, 0.5) is 0 Å². The molecule has 18 heavy (non-hydrogen) atoms. The molecule has 0 aliphatic rings. The van der Waals surface area contributed by atoms with Crippen LogP contribution in [0.5, 0.6) is 0 Å². The van der Waals surface area contributed by atoms with Crippen LogP contribution in [0.2, 0.25) is 0 Å². The fourth-order valence-corrected chi connectivity index (χ4v) is 1.61. The lowest BCUT2D eigenvalue weighted by Gasteiger charge is -2.37. The Kier molecular flexibility index (Phi) is 5.00. The molecule has 1 aromatic rings. The number of benzene rings is 1. The first kappa shape index (κ1) is 15.3. The van der Waals surface area contributed by atoms with Crippen LogP contribution >= 0.6 is 0 Å². The van der Waals surface area contributed by atoms with Gasteiger partial charge in [0.2, 0.25) is 0 Å².